The number of amides is 1. The molecule has 0 N–H and O–H groups in total. The zero-order valence-corrected chi connectivity index (χ0v) is 14.5. The van der Waals surface area contributed by atoms with Crippen molar-refractivity contribution in [3.8, 4) is 0 Å². The molecule has 1 aliphatic carbocycles. The van der Waals surface area contributed by atoms with E-state index >= 15 is 0 Å². The highest BCUT2D eigenvalue weighted by molar-refractivity contribution is 6.30. The zero-order valence-electron chi connectivity index (χ0n) is 13.7. The maximum Gasteiger partial charge on any atom is 0.409 e. The van der Waals surface area contributed by atoms with Gasteiger partial charge in [0.15, 0.2) is 5.78 Å². The Hall–Kier alpha value is -2.01. The quantitative estimate of drug-likeness (QED) is 0.819. The minimum atomic E-state index is -0.363. The molecule has 0 spiro atoms. The van der Waals surface area contributed by atoms with E-state index in [0.29, 0.717) is 29.9 Å². The molecule has 0 aromatic heterocycles. The van der Waals surface area contributed by atoms with Crippen LogP contribution in [0.2, 0.25) is 5.02 Å². The highest BCUT2D eigenvalue weighted by Crippen LogP contribution is 2.37. The highest BCUT2D eigenvalue weighted by atomic mass is 35.5. The third kappa shape index (κ3) is 3.41. The second kappa shape index (κ2) is 6.85. The summed E-state index contributed by atoms with van der Waals surface area (Å²) in [6.07, 6.45) is 2.59. The fourth-order valence-corrected chi connectivity index (χ4v) is 3.28. The lowest BCUT2D eigenvalue weighted by Gasteiger charge is -2.37. The minimum absolute atomic E-state index is 0.0889. The average Bonchev–Trinajstić information content (AvgIpc) is 2.56. The van der Waals surface area contributed by atoms with Crippen molar-refractivity contribution in [1.29, 1.82) is 0 Å². The molecule has 1 amide bonds. The van der Waals surface area contributed by atoms with E-state index in [0.717, 1.165) is 5.56 Å². The van der Waals surface area contributed by atoms with E-state index in [-0.39, 0.29) is 30.0 Å². The van der Waals surface area contributed by atoms with Gasteiger partial charge in [-0.15, -0.1) is 0 Å². The van der Waals surface area contributed by atoms with Gasteiger partial charge in [0.2, 0.25) is 0 Å². The van der Waals surface area contributed by atoms with Crippen LogP contribution < -0.4 is 0 Å². The fraction of sp³-hybridized carbons (Fsp3) is 0.444. The van der Waals surface area contributed by atoms with E-state index in [1.54, 1.807) is 26.2 Å². The van der Waals surface area contributed by atoms with Crippen molar-refractivity contribution in [2.75, 3.05) is 14.1 Å². The van der Waals surface area contributed by atoms with Crippen molar-refractivity contribution >= 4 is 29.1 Å². The van der Waals surface area contributed by atoms with Gasteiger partial charge >= 0.3 is 6.09 Å². The number of fused-ring (bicyclic) bond motifs is 1. The van der Waals surface area contributed by atoms with E-state index in [4.69, 9.17) is 21.1 Å². The minimum Gasteiger partial charge on any atom is -0.496 e. The van der Waals surface area contributed by atoms with Crippen LogP contribution >= 0.6 is 11.6 Å². The predicted molar refractivity (Wildman–Crippen MR) is 90.6 cm³/mol. The van der Waals surface area contributed by atoms with Crippen molar-refractivity contribution in [3.63, 3.8) is 0 Å². The Morgan fingerprint density at radius 2 is 1.96 bits per heavy atom. The van der Waals surface area contributed by atoms with Gasteiger partial charge < -0.3 is 14.4 Å². The van der Waals surface area contributed by atoms with Gasteiger partial charge in [-0.3, -0.25) is 4.79 Å². The zero-order chi connectivity index (χ0) is 17.3. The second-order valence-corrected chi connectivity index (χ2v) is 6.83. The molecule has 1 fully saturated rings. The molecule has 128 valence electrons. The van der Waals surface area contributed by atoms with E-state index in [1.165, 1.54) is 11.2 Å². The third-order valence-electron chi connectivity index (χ3n) is 4.49. The van der Waals surface area contributed by atoms with Crippen LogP contribution in [0.5, 0.6) is 0 Å². The van der Waals surface area contributed by atoms with E-state index < -0.39 is 0 Å². The van der Waals surface area contributed by atoms with Gasteiger partial charge in [-0.1, -0.05) is 23.7 Å². The molecule has 1 aromatic rings. The second-order valence-electron chi connectivity index (χ2n) is 6.40. The van der Waals surface area contributed by atoms with Gasteiger partial charge in [-0.25, -0.2) is 4.79 Å². The number of ketones is 1. The van der Waals surface area contributed by atoms with Crippen molar-refractivity contribution in [2.24, 2.45) is 5.92 Å². The van der Waals surface area contributed by atoms with Gasteiger partial charge in [-0.2, -0.15) is 0 Å². The summed E-state index contributed by atoms with van der Waals surface area (Å²) in [5, 5.41) is 0.629. The number of nitrogens with zero attached hydrogens (tertiary/aromatic N) is 1. The Bertz CT molecular complexity index is 668. The van der Waals surface area contributed by atoms with Crippen LogP contribution in [0.15, 0.2) is 30.5 Å². The summed E-state index contributed by atoms with van der Waals surface area (Å²) >= 11 is 5.90. The number of carbonyl (C=O) groups excluding carboxylic acids is 2. The molecule has 1 aromatic carbocycles. The van der Waals surface area contributed by atoms with Crippen molar-refractivity contribution in [2.45, 2.75) is 31.5 Å². The Labute approximate surface area is 146 Å². The monoisotopic (exact) mass is 349 g/mol. The maximum atomic E-state index is 12.8. The number of rotatable bonds is 2. The summed E-state index contributed by atoms with van der Waals surface area (Å²) in [5.74, 6) is -0.0963. The first-order valence-corrected chi connectivity index (χ1v) is 8.37. The molecule has 1 heterocycles. The van der Waals surface area contributed by atoms with Crippen LogP contribution in [0.25, 0.3) is 5.57 Å². The molecule has 1 aliphatic heterocycles. The molecule has 0 bridgehead atoms. The molecule has 6 heteroatoms. The average molecular weight is 350 g/mol. The molecule has 0 saturated heterocycles. The van der Waals surface area contributed by atoms with Crippen molar-refractivity contribution in [1.82, 2.24) is 4.90 Å². The third-order valence-corrected chi connectivity index (χ3v) is 4.75. The van der Waals surface area contributed by atoms with E-state index in [2.05, 4.69) is 0 Å². The predicted octanol–water partition coefficient (Wildman–Crippen LogP) is 3.52. The van der Waals surface area contributed by atoms with E-state index in [9.17, 15) is 9.59 Å². The lowest BCUT2D eigenvalue weighted by molar-refractivity contribution is -0.126. The Morgan fingerprint density at radius 1 is 1.25 bits per heavy atom. The van der Waals surface area contributed by atoms with Gasteiger partial charge in [0, 0.05) is 25.5 Å². The van der Waals surface area contributed by atoms with Gasteiger partial charge in [0.1, 0.15) is 12.2 Å². The van der Waals surface area contributed by atoms with Crippen LogP contribution in [0.1, 0.15) is 24.8 Å². The molecular formula is C18H20ClNO4. The maximum absolute atomic E-state index is 12.8. The molecule has 1 saturated carbocycles. The summed E-state index contributed by atoms with van der Waals surface area (Å²) in [5.41, 5.74) is 1.39. The van der Waals surface area contributed by atoms with Gasteiger partial charge in [-0.05, 0) is 30.5 Å². The fourth-order valence-electron chi connectivity index (χ4n) is 3.15. The van der Waals surface area contributed by atoms with Crippen molar-refractivity contribution in [3.05, 3.63) is 41.1 Å². The number of halogens is 1. The number of allylic oxidation sites excluding steroid dienone is 1. The van der Waals surface area contributed by atoms with Gasteiger partial charge in [0.25, 0.3) is 0 Å². The molecule has 3 atom stereocenters. The number of ether oxygens (including phenoxy) is 2. The summed E-state index contributed by atoms with van der Waals surface area (Å²) in [4.78, 5) is 25.9. The normalized spacial score (nSPS) is 26.0. The highest BCUT2D eigenvalue weighted by Gasteiger charge is 2.41. The molecular weight excluding hydrogens is 330 g/mol. The summed E-state index contributed by atoms with van der Waals surface area (Å²) in [6, 6.07) is 7.16. The summed E-state index contributed by atoms with van der Waals surface area (Å²) in [7, 11) is 3.30. The molecule has 2 aliphatic rings. The number of carbonyl (C=O) groups is 2. The lowest BCUT2D eigenvalue weighted by Crippen LogP contribution is -2.42. The van der Waals surface area contributed by atoms with Crippen LogP contribution in [0.4, 0.5) is 4.79 Å². The van der Waals surface area contributed by atoms with Gasteiger partial charge in [0.05, 0.1) is 17.8 Å². The van der Waals surface area contributed by atoms with Crippen LogP contribution in [0.3, 0.4) is 0 Å². The molecule has 3 rings (SSSR count). The number of Topliss-reactive ketones (excluding diaryl/α,β-unsaturated/α-hetero) is 1. The Balaban J connectivity index is 1.70. The largest absolute Gasteiger partial charge is 0.496 e. The standard InChI is InChI=1S/C18H20ClNO4/c1-20(2)18(22)24-13-7-8-14-16(9-13)23-10-15(17(14)21)11-3-5-12(19)6-4-11/h3-6,10,13-14,16H,7-9H2,1-2H3. The first-order valence-electron chi connectivity index (χ1n) is 7.99. The summed E-state index contributed by atoms with van der Waals surface area (Å²) < 4.78 is 11.2. The van der Waals surface area contributed by atoms with Crippen LogP contribution in [-0.4, -0.2) is 43.1 Å². The number of hydrogen-bond acceptors (Lipinski definition) is 4. The molecule has 3 unspecified atom stereocenters. The molecule has 5 nitrogen and oxygen atoms in total. The number of benzene rings is 1. The Morgan fingerprint density at radius 3 is 2.62 bits per heavy atom. The SMILES string of the molecule is CN(C)C(=O)OC1CCC2C(=O)C(c3ccc(Cl)cc3)=COC2C1. The van der Waals surface area contributed by atoms with Crippen LogP contribution in [0, 0.1) is 5.92 Å². The topological polar surface area (TPSA) is 55.8 Å². The smallest absolute Gasteiger partial charge is 0.409 e. The van der Waals surface area contributed by atoms with E-state index in [1.807, 2.05) is 12.1 Å². The lowest BCUT2D eigenvalue weighted by atomic mass is 9.78. The first kappa shape index (κ1) is 16.8. The first-order chi connectivity index (χ1) is 11.5. The number of hydrogen-bond donors (Lipinski definition) is 0. The Kier molecular flexibility index (Phi) is 4.81. The van der Waals surface area contributed by atoms with Crippen LogP contribution in [-0.2, 0) is 14.3 Å². The van der Waals surface area contributed by atoms with Crippen molar-refractivity contribution < 1.29 is 19.1 Å². The molecule has 0 radical (unpaired) electrons. The summed E-state index contributed by atoms with van der Waals surface area (Å²) in [6.45, 7) is 0. The molecule has 24 heavy (non-hydrogen) atoms.